The van der Waals surface area contributed by atoms with Gasteiger partial charge in [0.05, 0.1) is 12.7 Å². The van der Waals surface area contributed by atoms with Gasteiger partial charge in [-0.2, -0.15) is 0 Å². The molecule has 0 bridgehead atoms. The van der Waals surface area contributed by atoms with Crippen molar-refractivity contribution in [2.75, 3.05) is 20.3 Å². The molecule has 2 saturated carbocycles. The first kappa shape index (κ1) is 13.3. The lowest BCUT2D eigenvalue weighted by atomic mass is 9.80. The fourth-order valence-electron chi connectivity index (χ4n) is 3.08. The normalized spacial score (nSPS) is 34.6. The quantitative estimate of drug-likeness (QED) is 0.748. The van der Waals surface area contributed by atoms with E-state index in [1.54, 1.807) is 0 Å². The molecular weight excluding hydrogens is 214 g/mol. The topological polar surface area (TPSA) is 41.5 Å². The van der Waals surface area contributed by atoms with Crippen LogP contribution in [-0.4, -0.2) is 37.0 Å². The first-order chi connectivity index (χ1) is 8.28. The van der Waals surface area contributed by atoms with Crippen LogP contribution in [0.2, 0.25) is 0 Å². The maximum atomic E-state index is 9.50. The molecule has 0 aliphatic heterocycles. The number of likely N-dealkylation sites (N-methyl/N-ethyl adjacent to an activating group) is 1. The highest BCUT2D eigenvalue weighted by atomic mass is 16.5. The lowest BCUT2D eigenvalue weighted by molar-refractivity contribution is -0.0207. The Morgan fingerprint density at radius 3 is 2.71 bits per heavy atom. The number of aliphatic hydroxyl groups is 1. The molecule has 0 heterocycles. The van der Waals surface area contributed by atoms with Crippen molar-refractivity contribution in [3.8, 4) is 0 Å². The molecule has 17 heavy (non-hydrogen) atoms. The SMILES string of the molecule is CNC1(CO)CCCC(OCCC2CCC2)C1. The Hall–Kier alpha value is -0.120. The predicted molar refractivity (Wildman–Crippen MR) is 69.0 cm³/mol. The van der Waals surface area contributed by atoms with Crippen molar-refractivity contribution in [2.45, 2.75) is 63.0 Å². The van der Waals surface area contributed by atoms with Gasteiger partial charge in [0.25, 0.3) is 0 Å². The summed E-state index contributed by atoms with van der Waals surface area (Å²) in [5, 5.41) is 12.8. The maximum absolute atomic E-state index is 9.50. The highest BCUT2D eigenvalue weighted by Crippen LogP contribution is 2.32. The van der Waals surface area contributed by atoms with Crippen LogP contribution in [-0.2, 0) is 4.74 Å². The summed E-state index contributed by atoms with van der Waals surface area (Å²) < 4.78 is 6.00. The molecule has 0 spiro atoms. The molecule has 2 aliphatic carbocycles. The summed E-state index contributed by atoms with van der Waals surface area (Å²) in [6, 6.07) is 0. The van der Waals surface area contributed by atoms with Gasteiger partial charge in [0.15, 0.2) is 0 Å². The Labute approximate surface area is 105 Å². The fraction of sp³-hybridized carbons (Fsp3) is 1.00. The maximum Gasteiger partial charge on any atom is 0.0614 e. The second kappa shape index (κ2) is 6.17. The summed E-state index contributed by atoms with van der Waals surface area (Å²) in [5.74, 6) is 0.936. The lowest BCUT2D eigenvalue weighted by Gasteiger charge is -2.39. The fourth-order valence-corrected chi connectivity index (χ4v) is 3.08. The number of nitrogens with one attached hydrogen (secondary N) is 1. The Kier molecular flexibility index (Phi) is 4.83. The van der Waals surface area contributed by atoms with Gasteiger partial charge in [-0.15, -0.1) is 0 Å². The van der Waals surface area contributed by atoms with Crippen molar-refractivity contribution in [3.05, 3.63) is 0 Å². The van der Waals surface area contributed by atoms with Gasteiger partial charge >= 0.3 is 0 Å². The Morgan fingerprint density at radius 1 is 1.29 bits per heavy atom. The number of hydrogen-bond acceptors (Lipinski definition) is 3. The van der Waals surface area contributed by atoms with E-state index < -0.39 is 0 Å². The van der Waals surface area contributed by atoms with E-state index in [0.717, 1.165) is 38.2 Å². The highest BCUT2D eigenvalue weighted by Gasteiger charge is 2.34. The molecule has 2 rings (SSSR count). The Morgan fingerprint density at radius 2 is 2.12 bits per heavy atom. The van der Waals surface area contributed by atoms with Crippen molar-refractivity contribution >= 4 is 0 Å². The standard InChI is InChI=1S/C14H27NO2/c1-15-14(11-16)8-3-6-13(10-14)17-9-7-12-4-2-5-12/h12-13,15-16H,2-11H2,1H3. The van der Waals surface area contributed by atoms with Gasteiger partial charge in [0.2, 0.25) is 0 Å². The lowest BCUT2D eigenvalue weighted by Crippen LogP contribution is -2.51. The minimum absolute atomic E-state index is 0.0839. The van der Waals surface area contributed by atoms with Gasteiger partial charge in [0.1, 0.15) is 0 Å². The average molecular weight is 241 g/mol. The summed E-state index contributed by atoms with van der Waals surface area (Å²) in [6.07, 6.45) is 10.2. The van der Waals surface area contributed by atoms with E-state index in [0.29, 0.717) is 6.10 Å². The number of ether oxygens (including phenoxy) is 1. The molecule has 0 amide bonds. The van der Waals surface area contributed by atoms with Crippen LogP contribution in [0.4, 0.5) is 0 Å². The van der Waals surface area contributed by atoms with E-state index in [-0.39, 0.29) is 12.1 Å². The van der Waals surface area contributed by atoms with E-state index in [2.05, 4.69) is 5.32 Å². The van der Waals surface area contributed by atoms with Crippen LogP contribution in [0.15, 0.2) is 0 Å². The third-order valence-electron chi connectivity index (χ3n) is 4.74. The molecule has 2 unspecified atom stereocenters. The largest absolute Gasteiger partial charge is 0.394 e. The second-order valence-electron chi connectivity index (χ2n) is 5.86. The Bertz CT molecular complexity index is 224. The smallest absolute Gasteiger partial charge is 0.0614 e. The molecule has 2 atom stereocenters. The van der Waals surface area contributed by atoms with Crippen LogP contribution >= 0.6 is 0 Å². The summed E-state index contributed by atoms with van der Waals surface area (Å²) >= 11 is 0. The minimum atomic E-state index is -0.0839. The zero-order chi connectivity index (χ0) is 12.1. The van der Waals surface area contributed by atoms with Crippen molar-refractivity contribution in [2.24, 2.45) is 5.92 Å². The summed E-state index contributed by atoms with van der Waals surface area (Å²) in [5.41, 5.74) is -0.0839. The van der Waals surface area contributed by atoms with E-state index in [1.807, 2.05) is 7.05 Å². The molecular formula is C14H27NO2. The van der Waals surface area contributed by atoms with Crippen molar-refractivity contribution in [1.29, 1.82) is 0 Å². The van der Waals surface area contributed by atoms with E-state index in [1.165, 1.54) is 25.7 Å². The van der Waals surface area contributed by atoms with Crippen molar-refractivity contribution < 1.29 is 9.84 Å². The molecule has 0 aromatic carbocycles. The molecule has 3 nitrogen and oxygen atoms in total. The first-order valence-corrected chi connectivity index (χ1v) is 7.19. The molecule has 3 heteroatoms. The molecule has 2 aliphatic rings. The Balaban J connectivity index is 1.69. The third kappa shape index (κ3) is 3.43. The van der Waals surface area contributed by atoms with Crippen LogP contribution in [0.3, 0.4) is 0 Å². The van der Waals surface area contributed by atoms with Gasteiger partial charge in [0, 0.05) is 12.1 Å². The van der Waals surface area contributed by atoms with Gasteiger partial charge in [-0.3, -0.25) is 0 Å². The van der Waals surface area contributed by atoms with Crippen LogP contribution in [0.5, 0.6) is 0 Å². The third-order valence-corrected chi connectivity index (χ3v) is 4.74. The van der Waals surface area contributed by atoms with Crippen LogP contribution in [0.25, 0.3) is 0 Å². The van der Waals surface area contributed by atoms with Crippen LogP contribution in [0.1, 0.15) is 51.4 Å². The molecule has 0 radical (unpaired) electrons. The van der Waals surface area contributed by atoms with Gasteiger partial charge in [-0.1, -0.05) is 19.3 Å². The summed E-state index contributed by atoms with van der Waals surface area (Å²) in [6.45, 7) is 1.15. The van der Waals surface area contributed by atoms with Crippen LogP contribution < -0.4 is 5.32 Å². The average Bonchev–Trinajstić information content (AvgIpc) is 2.32. The molecule has 0 saturated heterocycles. The molecule has 2 N–H and O–H groups in total. The zero-order valence-corrected chi connectivity index (χ0v) is 11.1. The molecule has 0 aromatic heterocycles. The van der Waals surface area contributed by atoms with Gasteiger partial charge in [-0.05, 0) is 45.1 Å². The first-order valence-electron chi connectivity index (χ1n) is 7.19. The van der Waals surface area contributed by atoms with Crippen molar-refractivity contribution in [3.63, 3.8) is 0 Å². The number of hydrogen-bond donors (Lipinski definition) is 2. The molecule has 0 aromatic rings. The monoisotopic (exact) mass is 241 g/mol. The number of aliphatic hydroxyl groups excluding tert-OH is 1. The molecule has 2 fully saturated rings. The predicted octanol–water partition coefficient (Wildman–Crippen LogP) is 2.09. The second-order valence-corrected chi connectivity index (χ2v) is 5.86. The van der Waals surface area contributed by atoms with Crippen molar-refractivity contribution in [1.82, 2.24) is 5.32 Å². The van der Waals surface area contributed by atoms with E-state index in [4.69, 9.17) is 4.74 Å². The number of rotatable bonds is 6. The van der Waals surface area contributed by atoms with Crippen LogP contribution in [0, 0.1) is 5.92 Å². The molecule has 100 valence electrons. The zero-order valence-electron chi connectivity index (χ0n) is 11.1. The minimum Gasteiger partial charge on any atom is -0.394 e. The summed E-state index contributed by atoms with van der Waals surface area (Å²) in [7, 11) is 1.95. The van der Waals surface area contributed by atoms with Gasteiger partial charge < -0.3 is 15.2 Å². The summed E-state index contributed by atoms with van der Waals surface area (Å²) in [4.78, 5) is 0. The van der Waals surface area contributed by atoms with E-state index in [9.17, 15) is 5.11 Å². The van der Waals surface area contributed by atoms with E-state index >= 15 is 0 Å². The van der Waals surface area contributed by atoms with Gasteiger partial charge in [-0.25, -0.2) is 0 Å². The highest BCUT2D eigenvalue weighted by molar-refractivity contribution is 4.92.